The van der Waals surface area contributed by atoms with Crippen molar-refractivity contribution in [2.75, 3.05) is 18.4 Å². The van der Waals surface area contributed by atoms with Crippen LogP contribution in [0.2, 0.25) is 0 Å². The number of rotatable bonds is 5. The highest BCUT2D eigenvalue weighted by Crippen LogP contribution is 2.25. The fraction of sp³-hybridized carbons (Fsp3) is 0.375. The van der Waals surface area contributed by atoms with E-state index in [1.54, 1.807) is 6.26 Å². The van der Waals surface area contributed by atoms with E-state index in [4.69, 9.17) is 9.40 Å². The number of hydrogen-bond acceptors (Lipinski definition) is 5. The summed E-state index contributed by atoms with van der Waals surface area (Å²) >= 11 is 0. The van der Waals surface area contributed by atoms with Crippen LogP contribution in [0.4, 0.5) is 5.69 Å². The SMILES string of the molecule is Cc1nc(C)c(CN2CCC(C(=O)Nc3cccc(-c4ccco4)c3)CC2)nc1C. The Kier molecular flexibility index (Phi) is 5.95. The summed E-state index contributed by atoms with van der Waals surface area (Å²) < 4.78 is 5.45. The molecule has 30 heavy (non-hydrogen) atoms. The minimum Gasteiger partial charge on any atom is -0.464 e. The minimum absolute atomic E-state index is 0.0282. The number of piperidine rings is 1. The van der Waals surface area contributed by atoms with Crippen molar-refractivity contribution in [3.05, 3.63) is 65.4 Å². The van der Waals surface area contributed by atoms with Crippen LogP contribution in [0.1, 0.15) is 35.6 Å². The van der Waals surface area contributed by atoms with Crippen LogP contribution < -0.4 is 5.32 Å². The first-order valence-corrected chi connectivity index (χ1v) is 10.5. The Balaban J connectivity index is 1.33. The minimum atomic E-state index is 0.0282. The highest BCUT2D eigenvalue weighted by molar-refractivity contribution is 5.93. The molecule has 3 heterocycles. The summed E-state index contributed by atoms with van der Waals surface area (Å²) in [5.74, 6) is 0.915. The van der Waals surface area contributed by atoms with Crippen LogP contribution in [0, 0.1) is 26.7 Å². The third kappa shape index (κ3) is 4.60. The van der Waals surface area contributed by atoms with Gasteiger partial charge in [0.1, 0.15) is 5.76 Å². The van der Waals surface area contributed by atoms with Crippen molar-refractivity contribution in [2.24, 2.45) is 5.92 Å². The summed E-state index contributed by atoms with van der Waals surface area (Å²) in [5, 5.41) is 3.08. The lowest BCUT2D eigenvalue weighted by molar-refractivity contribution is -0.121. The Bertz CT molecular complexity index is 1020. The molecule has 6 heteroatoms. The van der Waals surface area contributed by atoms with E-state index < -0.39 is 0 Å². The molecule has 1 aromatic carbocycles. The van der Waals surface area contributed by atoms with Crippen LogP contribution in [0.3, 0.4) is 0 Å². The van der Waals surface area contributed by atoms with Crippen molar-refractivity contribution in [3.63, 3.8) is 0 Å². The molecule has 1 amide bonds. The molecule has 0 saturated carbocycles. The number of benzene rings is 1. The normalized spacial score (nSPS) is 15.3. The van der Waals surface area contributed by atoms with Crippen LogP contribution >= 0.6 is 0 Å². The maximum Gasteiger partial charge on any atom is 0.227 e. The Labute approximate surface area is 177 Å². The smallest absolute Gasteiger partial charge is 0.227 e. The zero-order valence-corrected chi connectivity index (χ0v) is 17.8. The van der Waals surface area contributed by atoms with Crippen molar-refractivity contribution in [1.82, 2.24) is 14.9 Å². The van der Waals surface area contributed by atoms with E-state index in [1.165, 1.54) is 0 Å². The summed E-state index contributed by atoms with van der Waals surface area (Å²) in [4.78, 5) is 24.5. The third-order valence-corrected chi connectivity index (χ3v) is 5.85. The van der Waals surface area contributed by atoms with Gasteiger partial charge in [0.2, 0.25) is 5.91 Å². The summed E-state index contributed by atoms with van der Waals surface area (Å²) in [5.41, 5.74) is 5.77. The van der Waals surface area contributed by atoms with E-state index in [2.05, 4.69) is 15.2 Å². The van der Waals surface area contributed by atoms with E-state index >= 15 is 0 Å². The van der Waals surface area contributed by atoms with Crippen LogP contribution in [0.15, 0.2) is 47.1 Å². The number of hydrogen-bond donors (Lipinski definition) is 1. The zero-order chi connectivity index (χ0) is 21.1. The maximum atomic E-state index is 12.8. The summed E-state index contributed by atoms with van der Waals surface area (Å²) in [7, 11) is 0. The van der Waals surface area contributed by atoms with Gasteiger partial charge in [-0.1, -0.05) is 12.1 Å². The molecule has 1 fully saturated rings. The Hall–Kier alpha value is -2.99. The summed E-state index contributed by atoms with van der Waals surface area (Å²) in [6.07, 6.45) is 3.35. The molecule has 1 aliphatic rings. The Morgan fingerprint density at radius 1 is 1.07 bits per heavy atom. The second kappa shape index (κ2) is 8.79. The van der Waals surface area contributed by atoms with Gasteiger partial charge in [-0.15, -0.1) is 0 Å². The molecule has 0 spiro atoms. The van der Waals surface area contributed by atoms with Crippen molar-refractivity contribution in [2.45, 2.75) is 40.2 Å². The quantitative estimate of drug-likeness (QED) is 0.677. The van der Waals surface area contributed by atoms with E-state index in [1.807, 2.05) is 57.2 Å². The lowest BCUT2D eigenvalue weighted by atomic mass is 9.95. The van der Waals surface area contributed by atoms with Gasteiger partial charge >= 0.3 is 0 Å². The maximum absolute atomic E-state index is 12.8. The molecule has 0 unspecified atom stereocenters. The first kappa shape index (κ1) is 20.3. The van der Waals surface area contributed by atoms with Crippen LogP contribution in [0.25, 0.3) is 11.3 Å². The molecule has 1 saturated heterocycles. The highest BCUT2D eigenvalue weighted by Gasteiger charge is 2.25. The summed E-state index contributed by atoms with van der Waals surface area (Å²) in [6.45, 7) is 8.58. The molecular formula is C24H28N4O2. The van der Waals surface area contributed by atoms with Gasteiger partial charge < -0.3 is 9.73 Å². The molecule has 4 rings (SSSR count). The Morgan fingerprint density at radius 2 is 1.83 bits per heavy atom. The monoisotopic (exact) mass is 404 g/mol. The van der Waals surface area contributed by atoms with Crippen LogP contribution in [-0.4, -0.2) is 33.9 Å². The van der Waals surface area contributed by atoms with E-state index in [-0.39, 0.29) is 11.8 Å². The van der Waals surface area contributed by atoms with Crippen molar-refractivity contribution < 1.29 is 9.21 Å². The number of furan rings is 1. The van der Waals surface area contributed by atoms with Crippen molar-refractivity contribution in [3.8, 4) is 11.3 Å². The number of nitrogens with zero attached hydrogens (tertiary/aromatic N) is 3. The van der Waals surface area contributed by atoms with E-state index in [9.17, 15) is 4.79 Å². The van der Waals surface area contributed by atoms with E-state index in [0.29, 0.717) is 0 Å². The lowest BCUT2D eigenvalue weighted by Gasteiger charge is -2.31. The number of carbonyl (C=O) groups excluding carboxylic acids is 1. The molecule has 1 aliphatic heterocycles. The number of anilines is 1. The fourth-order valence-corrected chi connectivity index (χ4v) is 3.91. The average Bonchev–Trinajstić information content (AvgIpc) is 3.28. The average molecular weight is 405 g/mol. The molecule has 1 N–H and O–H groups in total. The number of amides is 1. The number of likely N-dealkylation sites (tertiary alicyclic amines) is 1. The van der Waals surface area contributed by atoms with Gasteiger partial charge in [-0.05, 0) is 71.0 Å². The molecular weight excluding hydrogens is 376 g/mol. The van der Waals surface area contributed by atoms with Crippen molar-refractivity contribution in [1.29, 1.82) is 0 Å². The van der Waals surface area contributed by atoms with Crippen molar-refractivity contribution >= 4 is 11.6 Å². The molecule has 156 valence electrons. The van der Waals surface area contributed by atoms with Gasteiger partial charge in [0.25, 0.3) is 0 Å². The zero-order valence-electron chi connectivity index (χ0n) is 17.8. The fourth-order valence-electron chi connectivity index (χ4n) is 3.91. The van der Waals surface area contributed by atoms with Gasteiger partial charge in [0, 0.05) is 23.7 Å². The number of aryl methyl sites for hydroxylation is 3. The number of aromatic nitrogens is 2. The molecule has 6 nitrogen and oxygen atoms in total. The molecule has 0 bridgehead atoms. The number of nitrogens with one attached hydrogen (secondary N) is 1. The second-order valence-electron chi connectivity index (χ2n) is 8.02. The molecule has 0 radical (unpaired) electrons. The van der Waals surface area contributed by atoms with Gasteiger partial charge in [0.05, 0.1) is 29.0 Å². The second-order valence-corrected chi connectivity index (χ2v) is 8.02. The van der Waals surface area contributed by atoms with Gasteiger partial charge in [-0.25, -0.2) is 0 Å². The lowest BCUT2D eigenvalue weighted by Crippen LogP contribution is -2.38. The van der Waals surface area contributed by atoms with Crippen LogP contribution in [-0.2, 0) is 11.3 Å². The molecule has 2 aromatic heterocycles. The first-order valence-electron chi connectivity index (χ1n) is 10.5. The molecule has 3 aromatic rings. The Morgan fingerprint density at radius 3 is 2.57 bits per heavy atom. The summed E-state index contributed by atoms with van der Waals surface area (Å²) in [6, 6.07) is 11.6. The number of carbonyl (C=O) groups is 1. The van der Waals surface area contributed by atoms with Gasteiger partial charge in [0.15, 0.2) is 0 Å². The topological polar surface area (TPSA) is 71.3 Å². The van der Waals surface area contributed by atoms with E-state index in [0.717, 1.165) is 72.3 Å². The van der Waals surface area contributed by atoms with Crippen LogP contribution in [0.5, 0.6) is 0 Å². The largest absolute Gasteiger partial charge is 0.464 e. The predicted octanol–water partition coefficient (Wildman–Crippen LogP) is 4.51. The highest BCUT2D eigenvalue weighted by atomic mass is 16.3. The van der Waals surface area contributed by atoms with Gasteiger partial charge in [-0.2, -0.15) is 0 Å². The molecule has 0 atom stereocenters. The molecule has 0 aliphatic carbocycles. The first-order chi connectivity index (χ1) is 14.5. The standard InChI is InChI=1S/C24H28N4O2/c1-16-17(2)26-22(18(3)25-16)15-28-11-9-19(10-12-28)24(29)27-21-7-4-6-20(14-21)23-8-5-13-30-23/h4-8,13-14,19H,9-12,15H2,1-3H3,(H,27,29). The predicted molar refractivity (Wildman–Crippen MR) is 117 cm³/mol. The van der Waals surface area contributed by atoms with Gasteiger partial charge in [-0.3, -0.25) is 19.7 Å². The third-order valence-electron chi connectivity index (χ3n) is 5.85.